The van der Waals surface area contributed by atoms with Gasteiger partial charge in [0.05, 0.1) is 24.1 Å². The highest BCUT2D eigenvalue weighted by Crippen LogP contribution is 2.28. The van der Waals surface area contributed by atoms with Crippen LogP contribution in [0.5, 0.6) is 0 Å². The number of likely N-dealkylation sites (tertiary alicyclic amines) is 1. The number of pyridine rings is 1. The van der Waals surface area contributed by atoms with Crippen LogP contribution in [-0.2, 0) is 9.59 Å². The van der Waals surface area contributed by atoms with E-state index in [1.54, 1.807) is 5.01 Å². The molecule has 0 aliphatic carbocycles. The third kappa shape index (κ3) is 14.0. The van der Waals surface area contributed by atoms with E-state index in [0.29, 0.717) is 30.0 Å². The normalized spacial score (nSPS) is 16.8. The van der Waals surface area contributed by atoms with Gasteiger partial charge in [-0.2, -0.15) is 0 Å². The first-order valence-electron chi connectivity index (χ1n) is 16.4. The molecule has 1 saturated heterocycles. The molecule has 1 fully saturated rings. The highest BCUT2D eigenvalue weighted by atomic mass is 16.1. The predicted octanol–water partition coefficient (Wildman–Crippen LogP) is 7.17. The summed E-state index contributed by atoms with van der Waals surface area (Å²) in [6.45, 7) is 23.4. The molecule has 0 bridgehead atoms. The highest BCUT2D eigenvalue weighted by Gasteiger charge is 2.33. The number of hydrogen-bond acceptors (Lipinski definition) is 8. The SMILES string of the molecule is C=C/C(=C\c1cc[nH]c1C(C)CC)C1=CN(N)/C(=C(/C)N)C=C1.CC1(C)CN(CC=O)C1.CCCC=O.CNc1cnc(C)c(C)c1. The minimum absolute atomic E-state index is 0.461. The number of aldehydes is 2. The van der Waals surface area contributed by atoms with Crippen molar-refractivity contribution < 1.29 is 9.59 Å². The molecular formula is C38H59N7O2. The number of nitrogens with two attached hydrogens (primary N) is 2. The molecule has 9 nitrogen and oxygen atoms in total. The summed E-state index contributed by atoms with van der Waals surface area (Å²) in [6, 6.07) is 4.18. The van der Waals surface area contributed by atoms with Gasteiger partial charge in [0.1, 0.15) is 12.6 Å². The summed E-state index contributed by atoms with van der Waals surface area (Å²) < 4.78 is 0. The monoisotopic (exact) mass is 645 g/mol. The lowest BCUT2D eigenvalue weighted by Crippen LogP contribution is -2.53. The Morgan fingerprint density at radius 1 is 1.19 bits per heavy atom. The molecule has 1 unspecified atom stereocenters. The average molecular weight is 646 g/mol. The summed E-state index contributed by atoms with van der Waals surface area (Å²) in [5.41, 5.74) is 15.6. The third-order valence-corrected chi connectivity index (χ3v) is 7.83. The zero-order chi connectivity index (χ0) is 35.6. The summed E-state index contributed by atoms with van der Waals surface area (Å²) >= 11 is 0. The molecule has 1 atom stereocenters. The van der Waals surface area contributed by atoms with Crippen molar-refractivity contribution in [3.8, 4) is 0 Å². The molecule has 4 rings (SSSR count). The summed E-state index contributed by atoms with van der Waals surface area (Å²) in [5, 5.41) is 4.58. The summed E-state index contributed by atoms with van der Waals surface area (Å²) in [7, 11) is 1.89. The van der Waals surface area contributed by atoms with Gasteiger partial charge in [-0.3, -0.25) is 14.9 Å². The van der Waals surface area contributed by atoms with Gasteiger partial charge in [-0.25, -0.2) is 5.84 Å². The largest absolute Gasteiger partial charge is 0.401 e. The second-order valence-electron chi connectivity index (χ2n) is 12.7. The topological polar surface area (TPSA) is 133 Å². The van der Waals surface area contributed by atoms with Crippen molar-refractivity contribution in [2.24, 2.45) is 17.0 Å². The van der Waals surface area contributed by atoms with Crippen molar-refractivity contribution in [2.75, 3.05) is 32.0 Å². The van der Waals surface area contributed by atoms with E-state index in [1.165, 1.54) is 16.8 Å². The third-order valence-electron chi connectivity index (χ3n) is 7.83. The molecule has 0 aromatic carbocycles. The van der Waals surface area contributed by atoms with Crippen molar-refractivity contribution >= 4 is 24.3 Å². The van der Waals surface area contributed by atoms with E-state index in [-0.39, 0.29) is 0 Å². The maximum Gasteiger partial charge on any atom is 0.133 e. The molecule has 2 aromatic heterocycles. The number of aryl methyl sites for hydroxylation is 2. The molecule has 0 saturated carbocycles. The average Bonchev–Trinajstić information content (AvgIpc) is 3.49. The van der Waals surface area contributed by atoms with Crippen molar-refractivity contribution in [2.45, 2.75) is 80.6 Å². The Labute approximate surface area is 283 Å². The fourth-order valence-corrected chi connectivity index (χ4v) is 4.90. The number of hydrazine groups is 1. The molecule has 2 aliphatic heterocycles. The highest BCUT2D eigenvalue weighted by molar-refractivity contribution is 5.67. The van der Waals surface area contributed by atoms with Gasteiger partial charge in [0, 0.05) is 56.0 Å². The van der Waals surface area contributed by atoms with E-state index in [0.717, 1.165) is 66.7 Å². The smallest absolute Gasteiger partial charge is 0.133 e. The number of rotatable bonds is 10. The van der Waals surface area contributed by atoms with E-state index in [1.807, 2.05) is 64.6 Å². The van der Waals surface area contributed by atoms with Crippen LogP contribution in [0.2, 0.25) is 0 Å². The number of H-pyrrole nitrogens is 1. The molecule has 0 spiro atoms. The van der Waals surface area contributed by atoms with Crippen LogP contribution < -0.4 is 16.9 Å². The molecule has 2 aliphatic rings. The lowest BCUT2D eigenvalue weighted by molar-refractivity contribution is -0.111. The molecule has 2 aromatic rings. The van der Waals surface area contributed by atoms with Gasteiger partial charge in [-0.15, -0.1) is 0 Å². The molecular weight excluding hydrogens is 586 g/mol. The van der Waals surface area contributed by atoms with Gasteiger partial charge in [0.25, 0.3) is 0 Å². The van der Waals surface area contributed by atoms with E-state index in [4.69, 9.17) is 11.6 Å². The minimum atomic E-state index is 0.461. The Bertz CT molecular complexity index is 1400. The van der Waals surface area contributed by atoms with Crippen molar-refractivity contribution in [3.63, 3.8) is 0 Å². The fraction of sp³-hybridized carbons (Fsp3) is 0.447. The van der Waals surface area contributed by atoms with Crippen LogP contribution in [0.25, 0.3) is 6.08 Å². The Morgan fingerprint density at radius 2 is 1.87 bits per heavy atom. The Kier molecular flexibility index (Phi) is 18.1. The number of nitrogens with zero attached hydrogens (tertiary/aromatic N) is 3. The molecule has 258 valence electrons. The Hall–Kier alpha value is -4.21. The van der Waals surface area contributed by atoms with Gasteiger partial charge in [0.2, 0.25) is 0 Å². The van der Waals surface area contributed by atoms with E-state index < -0.39 is 0 Å². The number of anilines is 1. The van der Waals surface area contributed by atoms with Crippen molar-refractivity contribution in [1.29, 1.82) is 0 Å². The number of unbranched alkanes of at least 4 members (excludes halogenated alkanes) is 1. The van der Waals surface area contributed by atoms with Crippen molar-refractivity contribution in [3.05, 3.63) is 101 Å². The molecule has 6 N–H and O–H groups in total. The first-order valence-corrected chi connectivity index (χ1v) is 16.4. The Morgan fingerprint density at radius 3 is 2.32 bits per heavy atom. The maximum absolute atomic E-state index is 9.98. The zero-order valence-electron chi connectivity index (χ0n) is 30.2. The minimum Gasteiger partial charge on any atom is -0.401 e. The number of aromatic amines is 1. The molecule has 47 heavy (non-hydrogen) atoms. The van der Waals surface area contributed by atoms with E-state index in [9.17, 15) is 9.59 Å². The lowest BCUT2D eigenvalue weighted by atomic mass is 9.85. The summed E-state index contributed by atoms with van der Waals surface area (Å²) in [4.78, 5) is 29.1. The Balaban J connectivity index is 0.000000377. The van der Waals surface area contributed by atoms with Gasteiger partial charge in [-0.1, -0.05) is 53.3 Å². The molecule has 0 radical (unpaired) electrons. The fourth-order valence-electron chi connectivity index (χ4n) is 4.90. The van der Waals surface area contributed by atoms with Crippen molar-refractivity contribution in [1.82, 2.24) is 19.9 Å². The quantitative estimate of drug-likeness (QED) is 0.121. The summed E-state index contributed by atoms with van der Waals surface area (Å²) in [5.74, 6) is 6.52. The lowest BCUT2D eigenvalue weighted by Gasteiger charge is -2.44. The van der Waals surface area contributed by atoms with Gasteiger partial charge in [-0.05, 0) is 91.5 Å². The van der Waals surface area contributed by atoms with Crippen LogP contribution in [0, 0.1) is 19.3 Å². The second kappa shape index (κ2) is 20.8. The maximum atomic E-state index is 9.98. The number of carbonyl (C=O) groups excluding carboxylic acids is 2. The number of carbonyl (C=O) groups is 2. The standard InChI is InChI=1S/C19H26N4.C8H12N2.C7H13NO.C4H8O/c1-5-13(3)19-16(9-10-22-19)11-15(6-2)17-7-8-18(14(4)20)23(21)12-17;1-6-4-8(9-3)5-10-7(6)2;1-7(2)5-8(6-7)3-4-9;1-2-3-4-5/h6-13,22H,2,5,20-21H2,1,3-4H3;4-5,9H,1-3H3;4H,3,5-6H2,1-2H3;4H,2-3H2,1H3/b15-11+,18-14-;;;. The number of allylic oxidation sites excluding steroid dienone is 6. The first kappa shape index (κ1) is 40.8. The molecule has 0 amide bonds. The summed E-state index contributed by atoms with van der Waals surface area (Å²) in [6.07, 6.45) is 18.3. The van der Waals surface area contributed by atoms with Crippen LogP contribution in [0.3, 0.4) is 0 Å². The predicted molar refractivity (Wildman–Crippen MR) is 198 cm³/mol. The van der Waals surface area contributed by atoms with Crippen LogP contribution in [0.15, 0.2) is 78.1 Å². The molecule has 9 heteroatoms. The number of hydrogen-bond donors (Lipinski definition) is 4. The van der Waals surface area contributed by atoms with Gasteiger partial charge in [0.15, 0.2) is 0 Å². The number of aromatic nitrogens is 2. The van der Waals surface area contributed by atoms with Gasteiger partial charge < -0.3 is 25.6 Å². The second-order valence-corrected chi connectivity index (χ2v) is 12.7. The first-order chi connectivity index (χ1) is 22.3. The van der Waals surface area contributed by atoms with E-state index in [2.05, 4.69) is 79.6 Å². The van der Waals surface area contributed by atoms with Crippen LogP contribution in [-0.4, -0.2) is 59.1 Å². The van der Waals surface area contributed by atoms with Crippen LogP contribution >= 0.6 is 0 Å². The van der Waals surface area contributed by atoms with Crippen LogP contribution in [0.4, 0.5) is 5.69 Å². The van der Waals surface area contributed by atoms with E-state index >= 15 is 0 Å². The van der Waals surface area contributed by atoms with Crippen LogP contribution in [0.1, 0.15) is 89.2 Å². The molecule has 4 heterocycles. The number of nitrogens with one attached hydrogen (secondary N) is 2. The zero-order valence-corrected chi connectivity index (χ0v) is 30.2. The van der Waals surface area contributed by atoms with Gasteiger partial charge >= 0.3 is 0 Å².